The van der Waals surface area contributed by atoms with Crippen molar-refractivity contribution >= 4 is 5.91 Å². The van der Waals surface area contributed by atoms with Crippen molar-refractivity contribution in [2.45, 2.75) is 32.9 Å². The molecular formula is C20H21N3O3. The Morgan fingerprint density at radius 2 is 2.00 bits per heavy atom. The highest BCUT2D eigenvalue weighted by molar-refractivity contribution is 5.81. The number of aryl methyl sites for hydroxylation is 1. The molecule has 1 atom stereocenters. The average Bonchev–Trinajstić information content (AvgIpc) is 3.14. The largest absolute Gasteiger partial charge is 0.481 e. The fourth-order valence-corrected chi connectivity index (χ4v) is 2.48. The maximum atomic E-state index is 12.4. The number of hydrogen-bond donors (Lipinski definition) is 1. The minimum Gasteiger partial charge on any atom is -0.481 e. The first-order valence-corrected chi connectivity index (χ1v) is 8.54. The fraction of sp³-hybridized carbons (Fsp3) is 0.250. The summed E-state index contributed by atoms with van der Waals surface area (Å²) in [5, 5.41) is 6.73. The van der Waals surface area contributed by atoms with Crippen molar-refractivity contribution in [2.75, 3.05) is 0 Å². The highest BCUT2D eigenvalue weighted by Crippen LogP contribution is 2.16. The van der Waals surface area contributed by atoms with Crippen LogP contribution in [0.1, 0.15) is 24.8 Å². The summed E-state index contributed by atoms with van der Waals surface area (Å²) in [7, 11) is 0. The number of aromatic nitrogens is 2. The lowest BCUT2D eigenvalue weighted by molar-refractivity contribution is -0.128. The number of nitrogens with zero attached hydrogens (tertiary/aromatic N) is 2. The van der Waals surface area contributed by atoms with Crippen molar-refractivity contribution in [2.24, 2.45) is 0 Å². The highest BCUT2D eigenvalue weighted by atomic mass is 16.5. The summed E-state index contributed by atoms with van der Waals surface area (Å²) in [5.41, 5.74) is 1.94. The average molecular weight is 351 g/mol. The molecule has 0 saturated heterocycles. The molecule has 0 aliphatic rings. The molecule has 1 N–H and O–H groups in total. The molecule has 1 heterocycles. The standard InChI is InChI=1S/C20H21N3O3/c1-3-17(25-16-11-7-8-14(2)12-16)20(24)21-13-18-22-19(23-26-18)15-9-5-4-6-10-15/h4-12,17H,3,13H2,1-2H3,(H,21,24)/t17-/m0/s1. The van der Waals surface area contributed by atoms with Crippen molar-refractivity contribution in [3.63, 3.8) is 0 Å². The van der Waals surface area contributed by atoms with E-state index in [0.29, 0.717) is 23.9 Å². The molecule has 1 amide bonds. The molecule has 0 spiro atoms. The third kappa shape index (κ3) is 4.47. The SMILES string of the molecule is CC[C@H](Oc1cccc(C)c1)C(=O)NCc1nc(-c2ccccc2)no1. The summed E-state index contributed by atoms with van der Waals surface area (Å²) in [5.74, 6) is 1.31. The normalized spacial score (nSPS) is 11.8. The van der Waals surface area contributed by atoms with E-state index >= 15 is 0 Å². The molecule has 0 unspecified atom stereocenters. The number of hydrogen-bond acceptors (Lipinski definition) is 5. The summed E-state index contributed by atoms with van der Waals surface area (Å²) in [4.78, 5) is 16.7. The summed E-state index contributed by atoms with van der Waals surface area (Å²) < 4.78 is 11.0. The van der Waals surface area contributed by atoms with Crippen LogP contribution in [0, 0.1) is 6.92 Å². The van der Waals surface area contributed by atoms with Gasteiger partial charge in [0.05, 0.1) is 6.54 Å². The Bertz CT molecular complexity index is 862. The number of amides is 1. The molecule has 0 fully saturated rings. The van der Waals surface area contributed by atoms with E-state index in [1.165, 1.54) is 0 Å². The first kappa shape index (κ1) is 17.7. The number of rotatable bonds is 7. The molecule has 134 valence electrons. The second-order valence-corrected chi connectivity index (χ2v) is 5.93. The molecule has 1 aromatic heterocycles. The zero-order chi connectivity index (χ0) is 18.4. The van der Waals surface area contributed by atoms with Gasteiger partial charge in [0.15, 0.2) is 6.10 Å². The Balaban J connectivity index is 1.58. The van der Waals surface area contributed by atoms with Crippen molar-refractivity contribution in [3.05, 3.63) is 66.1 Å². The van der Waals surface area contributed by atoms with Crippen LogP contribution in [-0.4, -0.2) is 22.2 Å². The molecule has 3 aromatic rings. The van der Waals surface area contributed by atoms with E-state index < -0.39 is 6.10 Å². The van der Waals surface area contributed by atoms with E-state index in [4.69, 9.17) is 9.26 Å². The van der Waals surface area contributed by atoms with E-state index in [2.05, 4.69) is 15.5 Å². The van der Waals surface area contributed by atoms with Gasteiger partial charge >= 0.3 is 0 Å². The monoisotopic (exact) mass is 351 g/mol. The first-order chi connectivity index (χ1) is 12.7. The molecule has 0 bridgehead atoms. The highest BCUT2D eigenvalue weighted by Gasteiger charge is 2.19. The molecule has 0 saturated carbocycles. The maximum absolute atomic E-state index is 12.4. The topological polar surface area (TPSA) is 77.2 Å². The third-order valence-electron chi connectivity index (χ3n) is 3.85. The van der Waals surface area contributed by atoms with Crippen LogP contribution in [0.2, 0.25) is 0 Å². The molecule has 0 aliphatic heterocycles. The molecule has 0 aliphatic carbocycles. The van der Waals surface area contributed by atoms with Crippen molar-refractivity contribution in [1.29, 1.82) is 0 Å². The van der Waals surface area contributed by atoms with Gasteiger partial charge in [-0.2, -0.15) is 4.98 Å². The Hall–Kier alpha value is -3.15. The van der Waals surface area contributed by atoms with Gasteiger partial charge in [-0.25, -0.2) is 0 Å². The Morgan fingerprint density at radius 1 is 1.19 bits per heavy atom. The van der Waals surface area contributed by atoms with E-state index in [-0.39, 0.29) is 12.5 Å². The summed E-state index contributed by atoms with van der Waals surface area (Å²) in [6, 6.07) is 17.2. The molecular weight excluding hydrogens is 330 g/mol. The molecule has 6 nitrogen and oxygen atoms in total. The molecule has 0 radical (unpaired) electrons. The lowest BCUT2D eigenvalue weighted by Gasteiger charge is -2.17. The molecule has 26 heavy (non-hydrogen) atoms. The van der Waals surface area contributed by atoms with E-state index in [1.807, 2.05) is 68.4 Å². The van der Waals surface area contributed by atoms with Gasteiger partial charge in [0, 0.05) is 5.56 Å². The van der Waals surface area contributed by atoms with Gasteiger partial charge in [0.2, 0.25) is 11.7 Å². The van der Waals surface area contributed by atoms with Gasteiger partial charge in [-0.15, -0.1) is 0 Å². The zero-order valence-corrected chi connectivity index (χ0v) is 14.8. The Morgan fingerprint density at radius 3 is 2.73 bits per heavy atom. The summed E-state index contributed by atoms with van der Waals surface area (Å²) in [6.45, 7) is 4.04. The maximum Gasteiger partial charge on any atom is 0.261 e. The van der Waals surface area contributed by atoms with Crippen LogP contribution in [0.3, 0.4) is 0 Å². The Kier molecular flexibility index (Phi) is 5.63. The number of ether oxygens (including phenoxy) is 1. The first-order valence-electron chi connectivity index (χ1n) is 8.54. The second kappa shape index (κ2) is 8.29. The predicted molar refractivity (Wildman–Crippen MR) is 97.5 cm³/mol. The third-order valence-corrected chi connectivity index (χ3v) is 3.85. The van der Waals surface area contributed by atoms with E-state index in [0.717, 1.165) is 11.1 Å². The number of nitrogens with one attached hydrogen (secondary N) is 1. The van der Waals surface area contributed by atoms with E-state index in [1.54, 1.807) is 0 Å². The lowest BCUT2D eigenvalue weighted by atomic mass is 10.2. The van der Waals surface area contributed by atoms with Crippen LogP contribution in [0.25, 0.3) is 11.4 Å². The van der Waals surface area contributed by atoms with Gasteiger partial charge in [0.25, 0.3) is 5.91 Å². The number of carbonyl (C=O) groups excluding carboxylic acids is 1. The zero-order valence-electron chi connectivity index (χ0n) is 14.8. The van der Waals surface area contributed by atoms with Gasteiger partial charge < -0.3 is 14.6 Å². The second-order valence-electron chi connectivity index (χ2n) is 5.93. The minimum absolute atomic E-state index is 0.159. The van der Waals surface area contributed by atoms with E-state index in [9.17, 15) is 4.79 Å². The van der Waals surface area contributed by atoms with Crippen molar-refractivity contribution in [1.82, 2.24) is 15.5 Å². The van der Waals surface area contributed by atoms with Crippen LogP contribution in [0.4, 0.5) is 0 Å². The molecule has 2 aromatic carbocycles. The number of carbonyl (C=O) groups is 1. The number of benzene rings is 2. The van der Waals surface area contributed by atoms with Crippen LogP contribution in [-0.2, 0) is 11.3 Å². The fourth-order valence-electron chi connectivity index (χ4n) is 2.48. The van der Waals surface area contributed by atoms with Crippen LogP contribution < -0.4 is 10.1 Å². The smallest absolute Gasteiger partial charge is 0.261 e. The molecule has 6 heteroatoms. The Labute approximate surface area is 152 Å². The van der Waals surface area contributed by atoms with Crippen molar-refractivity contribution < 1.29 is 14.1 Å². The van der Waals surface area contributed by atoms with Crippen LogP contribution >= 0.6 is 0 Å². The van der Waals surface area contributed by atoms with Gasteiger partial charge in [0.1, 0.15) is 5.75 Å². The molecule has 3 rings (SSSR count). The lowest BCUT2D eigenvalue weighted by Crippen LogP contribution is -2.37. The van der Waals surface area contributed by atoms with Crippen LogP contribution in [0.5, 0.6) is 5.75 Å². The van der Waals surface area contributed by atoms with Gasteiger partial charge in [-0.1, -0.05) is 54.5 Å². The minimum atomic E-state index is -0.576. The van der Waals surface area contributed by atoms with Gasteiger partial charge in [-0.3, -0.25) is 4.79 Å². The predicted octanol–water partition coefficient (Wildman–Crippen LogP) is 3.52. The van der Waals surface area contributed by atoms with Gasteiger partial charge in [-0.05, 0) is 31.0 Å². The van der Waals surface area contributed by atoms with Crippen molar-refractivity contribution in [3.8, 4) is 17.1 Å². The quantitative estimate of drug-likeness (QED) is 0.705. The van der Waals surface area contributed by atoms with Crippen LogP contribution in [0.15, 0.2) is 59.1 Å². The summed E-state index contributed by atoms with van der Waals surface area (Å²) in [6.07, 6.45) is -0.0212. The summed E-state index contributed by atoms with van der Waals surface area (Å²) >= 11 is 0.